The molecule has 0 unspecified atom stereocenters. The van der Waals surface area contributed by atoms with E-state index in [0.717, 1.165) is 17.5 Å². The van der Waals surface area contributed by atoms with E-state index in [1.54, 1.807) is 0 Å². The minimum absolute atomic E-state index is 0.692. The number of benzene rings is 1. The third-order valence-electron chi connectivity index (χ3n) is 2.26. The van der Waals surface area contributed by atoms with Gasteiger partial charge in [-0.3, -0.25) is 4.98 Å². The van der Waals surface area contributed by atoms with Crippen LogP contribution in [0.4, 0.5) is 0 Å². The Balaban J connectivity index is 2.30. The molecule has 15 heavy (non-hydrogen) atoms. The second kappa shape index (κ2) is 4.71. The zero-order valence-electron chi connectivity index (χ0n) is 8.56. The van der Waals surface area contributed by atoms with Gasteiger partial charge in [-0.2, -0.15) is 0 Å². The van der Waals surface area contributed by atoms with Crippen LogP contribution in [0.1, 0.15) is 12.0 Å². The molecule has 0 saturated heterocycles. The van der Waals surface area contributed by atoms with E-state index in [0.29, 0.717) is 6.54 Å². The molecule has 76 valence electrons. The SMILES string of the molecule is NCCC=Cc1cnc2ccccc2c1. The molecule has 2 nitrogen and oxygen atoms in total. The lowest BCUT2D eigenvalue weighted by atomic mass is 10.1. The largest absolute Gasteiger partial charge is 0.330 e. The van der Waals surface area contributed by atoms with E-state index in [9.17, 15) is 0 Å². The first-order valence-electron chi connectivity index (χ1n) is 5.11. The highest BCUT2D eigenvalue weighted by Gasteiger charge is 1.93. The molecule has 2 aromatic rings. The Labute approximate surface area is 89.4 Å². The molecular formula is C13H14N2. The summed E-state index contributed by atoms with van der Waals surface area (Å²) in [6, 6.07) is 10.2. The fourth-order valence-corrected chi connectivity index (χ4v) is 1.49. The summed E-state index contributed by atoms with van der Waals surface area (Å²) < 4.78 is 0. The van der Waals surface area contributed by atoms with Crippen molar-refractivity contribution < 1.29 is 0 Å². The van der Waals surface area contributed by atoms with Crippen LogP contribution in [0.25, 0.3) is 17.0 Å². The fraction of sp³-hybridized carbons (Fsp3) is 0.154. The molecule has 2 rings (SSSR count). The van der Waals surface area contributed by atoms with Gasteiger partial charge in [-0.25, -0.2) is 0 Å². The zero-order valence-corrected chi connectivity index (χ0v) is 8.56. The van der Waals surface area contributed by atoms with Crippen LogP contribution in [0, 0.1) is 0 Å². The third kappa shape index (κ3) is 2.42. The van der Waals surface area contributed by atoms with Crippen LogP contribution in [0.3, 0.4) is 0 Å². The molecule has 2 N–H and O–H groups in total. The average Bonchev–Trinajstić information content (AvgIpc) is 2.29. The van der Waals surface area contributed by atoms with Gasteiger partial charge in [0.25, 0.3) is 0 Å². The van der Waals surface area contributed by atoms with Gasteiger partial charge in [-0.15, -0.1) is 0 Å². The molecule has 0 radical (unpaired) electrons. The summed E-state index contributed by atoms with van der Waals surface area (Å²) in [6.07, 6.45) is 6.93. The normalized spacial score (nSPS) is 11.3. The van der Waals surface area contributed by atoms with Crippen LogP contribution in [-0.2, 0) is 0 Å². The topological polar surface area (TPSA) is 38.9 Å². The smallest absolute Gasteiger partial charge is 0.0702 e. The van der Waals surface area contributed by atoms with Crippen LogP contribution < -0.4 is 5.73 Å². The summed E-state index contributed by atoms with van der Waals surface area (Å²) in [5, 5.41) is 1.17. The molecule has 1 heterocycles. The number of nitrogens with zero attached hydrogens (tertiary/aromatic N) is 1. The van der Waals surface area contributed by atoms with Crippen molar-refractivity contribution in [1.82, 2.24) is 4.98 Å². The number of para-hydroxylation sites is 1. The molecule has 1 aromatic carbocycles. The number of nitrogens with two attached hydrogens (primary N) is 1. The van der Waals surface area contributed by atoms with E-state index < -0.39 is 0 Å². The van der Waals surface area contributed by atoms with Gasteiger partial charge in [0.1, 0.15) is 0 Å². The molecule has 2 heteroatoms. The highest BCUT2D eigenvalue weighted by molar-refractivity contribution is 5.80. The Hall–Kier alpha value is -1.67. The van der Waals surface area contributed by atoms with Crippen LogP contribution in [0.15, 0.2) is 42.6 Å². The van der Waals surface area contributed by atoms with Crippen molar-refractivity contribution >= 4 is 17.0 Å². The maximum atomic E-state index is 5.42. The van der Waals surface area contributed by atoms with E-state index in [-0.39, 0.29) is 0 Å². The monoisotopic (exact) mass is 198 g/mol. The summed E-state index contributed by atoms with van der Waals surface area (Å²) in [4.78, 5) is 4.38. The molecule has 0 bridgehead atoms. The van der Waals surface area contributed by atoms with Crippen molar-refractivity contribution in [2.45, 2.75) is 6.42 Å². The Kier molecular flexibility index (Phi) is 3.10. The lowest BCUT2D eigenvalue weighted by Gasteiger charge is -1.97. The third-order valence-corrected chi connectivity index (χ3v) is 2.26. The molecule has 0 aliphatic rings. The quantitative estimate of drug-likeness (QED) is 0.823. The minimum Gasteiger partial charge on any atom is -0.330 e. The summed E-state index contributed by atoms with van der Waals surface area (Å²) in [7, 11) is 0. The highest BCUT2D eigenvalue weighted by atomic mass is 14.6. The van der Waals surface area contributed by atoms with Gasteiger partial charge in [0.2, 0.25) is 0 Å². The Morgan fingerprint density at radius 1 is 1.27 bits per heavy atom. The Morgan fingerprint density at radius 3 is 3.00 bits per heavy atom. The second-order valence-corrected chi connectivity index (χ2v) is 3.44. The first kappa shape index (κ1) is 9.87. The standard InChI is InChI=1S/C13H14N2/c14-8-4-3-5-11-9-12-6-1-2-7-13(12)15-10-11/h1-3,5-7,9-10H,4,8,14H2. The van der Waals surface area contributed by atoms with Crippen molar-refractivity contribution in [1.29, 1.82) is 0 Å². The Morgan fingerprint density at radius 2 is 2.13 bits per heavy atom. The van der Waals surface area contributed by atoms with E-state index in [1.807, 2.05) is 24.4 Å². The molecule has 0 aliphatic heterocycles. The van der Waals surface area contributed by atoms with Gasteiger partial charge < -0.3 is 5.73 Å². The number of hydrogen-bond donors (Lipinski definition) is 1. The van der Waals surface area contributed by atoms with Crippen LogP contribution in [0.5, 0.6) is 0 Å². The fourth-order valence-electron chi connectivity index (χ4n) is 1.49. The highest BCUT2D eigenvalue weighted by Crippen LogP contribution is 2.13. The van der Waals surface area contributed by atoms with Gasteiger partial charge in [0.15, 0.2) is 0 Å². The van der Waals surface area contributed by atoms with Gasteiger partial charge in [0, 0.05) is 11.6 Å². The first-order valence-corrected chi connectivity index (χ1v) is 5.11. The molecule has 0 atom stereocenters. The van der Waals surface area contributed by atoms with E-state index in [2.05, 4.69) is 29.3 Å². The second-order valence-electron chi connectivity index (χ2n) is 3.44. The van der Waals surface area contributed by atoms with Gasteiger partial charge in [-0.05, 0) is 30.7 Å². The van der Waals surface area contributed by atoms with Crippen LogP contribution >= 0.6 is 0 Å². The van der Waals surface area contributed by atoms with Crippen molar-refractivity contribution in [3.63, 3.8) is 0 Å². The van der Waals surface area contributed by atoms with Crippen molar-refractivity contribution in [3.8, 4) is 0 Å². The number of hydrogen-bond acceptors (Lipinski definition) is 2. The predicted octanol–water partition coefficient (Wildman–Crippen LogP) is 2.60. The number of aromatic nitrogens is 1. The van der Waals surface area contributed by atoms with E-state index in [1.165, 1.54) is 5.39 Å². The maximum Gasteiger partial charge on any atom is 0.0702 e. The zero-order chi connectivity index (χ0) is 10.5. The molecular weight excluding hydrogens is 184 g/mol. The first-order chi connectivity index (χ1) is 7.40. The van der Waals surface area contributed by atoms with Crippen LogP contribution in [0.2, 0.25) is 0 Å². The molecule has 0 amide bonds. The molecule has 0 spiro atoms. The lowest BCUT2D eigenvalue weighted by molar-refractivity contribution is 1.01. The molecule has 0 saturated carbocycles. The Bertz CT molecular complexity index is 475. The van der Waals surface area contributed by atoms with Gasteiger partial charge in [-0.1, -0.05) is 30.4 Å². The number of pyridine rings is 1. The van der Waals surface area contributed by atoms with Crippen molar-refractivity contribution in [2.75, 3.05) is 6.54 Å². The lowest BCUT2D eigenvalue weighted by Crippen LogP contribution is -1.94. The van der Waals surface area contributed by atoms with Crippen LogP contribution in [-0.4, -0.2) is 11.5 Å². The van der Waals surface area contributed by atoms with Crippen molar-refractivity contribution in [2.24, 2.45) is 5.73 Å². The average molecular weight is 198 g/mol. The molecule has 0 aliphatic carbocycles. The maximum absolute atomic E-state index is 5.42. The summed E-state index contributed by atoms with van der Waals surface area (Å²) in [5.74, 6) is 0. The summed E-state index contributed by atoms with van der Waals surface area (Å²) in [6.45, 7) is 0.692. The molecule has 0 fully saturated rings. The number of fused-ring (bicyclic) bond motifs is 1. The summed E-state index contributed by atoms with van der Waals surface area (Å²) >= 11 is 0. The molecule has 1 aromatic heterocycles. The number of rotatable bonds is 3. The predicted molar refractivity (Wildman–Crippen MR) is 64.4 cm³/mol. The van der Waals surface area contributed by atoms with Crippen molar-refractivity contribution in [3.05, 3.63) is 48.2 Å². The minimum atomic E-state index is 0.692. The van der Waals surface area contributed by atoms with E-state index >= 15 is 0 Å². The summed E-state index contributed by atoms with van der Waals surface area (Å²) in [5.41, 5.74) is 7.58. The van der Waals surface area contributed by atoms with Gasteiger partial charge in [0.05, 0.1) is 5.52 Å². The van der Waals surface area contributed by atoms with E-state index in [4.69, 9.17) is 5.73 Å². The van der Waals surface area contributed by atoms with Gasteiger partial charge >= 0.3 is 0 Å².